The van der Waals surface area contributed by atoms with E-state index in [1.54, 1.807) is 26.5 Å². The number of carbonyl (C=O) groups excluding carboxylic acids is 1. The van der Waals surface area contributed by atoms with Gasteiger partial charge in [-0.2, -0.15) is 0 Å². The lowest BCUT2D eigenvalue weighted by molar-refractivity contribution is 0.0823. The highest BCUT2D eigenvalue weighted by Crippen LogP contribution is 2.26. The minimum Gasteiger partial charge on any atom is -0.350 e. The van der Waals surface area contributed by atoms with Crippen LogP contribution in [0.5, 0.6) is 0 Å². The van der Waals surface area contributed by atoms with Crippen LogP contribution in [0.4, 0.5) is 11.6 Å². The van der Waals surface area contributed by atoms with Crippen LogP contribution in [0.25, 0.3) is 22.3 Å². The Labute approximate surface area is 186 Å². The van der Waals surface area contributed by atoms with Gasteiger partial charge in [0.2, 0.25) is 5.95 Å². The largest absolute Gasteiger partial charge is 0.350 e. The molecule has 4 rings (SSSR count). The fourth-order valence-electron chi connectivity index (χ4n) is 3.29. The molecule has 1 aromatic carbocycles. The van der Waals surface area contributed by atoms with Crippen LogP contribution in [0.15, 0.2) is 54.9 Å². The fraction of sp³-hybridized carbons (Fsp3) is 0.200. The lowest BCUT2D eigenvalue weighted by Gasteiger charge is -2.18. The lowest BCUT2D eigenvalue weighted by atomic mass is 9.86. The lowest BCUT2D eigenvalue weighted by Crippen LogP contribution is -2.21. The average Bonchev–Trinajstić information content (AvgIpc) is 3.22. The second-order valence-corrected chi connectivity index (χ2v) is 8.27. The maximum absolute atomic E-state index is 12.2. The Morgan fingerprint density at radius 3 is 2.59 bits per heavy atom. The molecule has 0 aliphatic heterocycles. The van der Waals surface area contributed by atoms with Crippen LogP contribution < -0.4 is 5.32 Å². The molecule has 2 N–H and O–H groups in total. The number of benzene rings is 1. The van der Waals surface area contributed by atoms with Gasteiger partial charge in [-0.15, -0.1) is 6.42 Å². The molecular weight excluding hydrogens is 400 g/mol. The van der Waals surface area contributed by atoms with E-state index in [9.17, 15) is 4.79 Å². The molecule has 1 amide bonds. The van der Waals surface area contributed by atoms with E-state index in [4.69, 9.17) is 6.42 Å². The summed E-state index contributed by atoms with van der Waals surface area (Å²) in [5.74, 6) is 3.18. The number of amides is 1. The van der Waals surface area contributed by atoms with E-state index in [2.05, 4.69) is 31.2 Å². The van der Waals surface area contributed by atoms with E-state index in [0.717, 1.165) is 27.8 Å². The number of nitrogens with zero attached hydrogens (tertiary/aromatic N) is 4. The molecule has 0 bridgehead atoms. The second kappa shape index (κ2) is 8.16. The smallest absolute Gasteiger partial charge is 0.269 e. The number of pyridine rings is 1. The number of rotatable bonds is 5. The summed E-state index contributed by atoms with van der Waals surface area (Å²) < 4.78 is 0. The molecule has 7 nitrogen and oxygen atoms in total. The van der Waals surface area contributed by atoms with Crippen molar-refractivity contribution in [2.75, 3.05) is 19.4 Å². The number of aromatic amines is 1. The third kappa shape index (κ3) is 4.16. The number of hydrogen-bond acceptors (Lipinski definition) is 5. The molecule has 0 aliphatic carbocycles. The van der Waals surface area contributed by atoms with Gasteiger partial charge in [0.15, 0.2) is 0 Å². The zero-order valence-corrected chi connectivity index (χ0v) is 18.5. The van der Waals surface area contributed by atoms with Gasteiger partial charge >= 0.3 is 0 Å². The molecule has 4 aromatic rings. The first-order valence-electron chi connectivity index (χ1n) is 10.2. The van der Waals surface area contributed by atoms with Crippen LogP contribution in [0.1, 0.15) is 29.9 Å². The van der Waals surface area contributed by atoms with Crippen molar-refractivity contribution < 1.29 is 4.79 Å². The van der Waals surface area contributed by atoms with Gasteiger partial charge in [-0.05, 0) is 55.8 Å². The number of H-pyrrole nitrogens is 1. The molecule has 160 valence electrons. The summed E-state index contributed by atoms with van der Waals surface area (Å²) in [6, 6.07) is 13.3. The number of nitrogens with one attached hydrogen (secondary N) is 2. The summed E-state index contributed by atoms with van der Waals surface area (Å²) in [4.78, 5) is 30.3. The van der Waals surface area contributed by atoms with Crippen molar-refractivity contribution in [2.24, 2.45) is 0 Å². The predicted molar refractivity (Wildman–Crippen MR) is 127 cm³/mol. The second-order valence-electron chi connectivity index (χ2n) is 8.27. The van der Waals surface area contributed by atoms with Gasteiger partial charge in [-0.25, -0.2) is 9.97 Å². The Morgan fingerprint density at radius 1 is 1.06 bits per heavy atom. The molecule has 0 saturated heterocycles. The van der Waals surface area contributed by atoms with Crippen molar-refractivity contribution in [1.29, 1.82) is 0 Å². The van der Waals surface area contributed by atoms with Crippen LogP contribution in [-0.2, 0) is 5.41 Å². The predicted octanol–water partition coefficient (Wildman–Crippen LogP) is 4.38. The number of fused-ring (bicyclic) bond motifs is 1. The van der Waals surface area contributed by atoms with Gasteiger partial charge < -0.3 is 15.2 Å². The Kier molecular flexibility index (Phi) is 5.37. The topological polar surface area (TPSA) is 86.8 Å². The van der Waals surface area contributed by atoms with E-state index in [-0.39, 0.29) is 5.91 Å². The third-order valence-electron chi connectivity index (χ3n) is 5.28. The molecule has 0 atom stereocenters. The number of anilines is 2. The zero-order valence-electron chi connectivity index (χ0n) is 18.5. The van der Waals surface area contributed by atoms with Crippen LogP contribution in [0.2, 0.25) is 0 Å². The fourth-order valence-corrected chi connectivity index (χ4v) is 3.29. The van der Waals surface area contributed by atoms with Gasteiger partial charge in [-0.3, -0.25) is 9.78 Å². The van der Waals surface area contributed by atoms with Gasteiger partial charge in [-0.1, -0.05) is 12.0 Å². The molecule has 0 radical (unpaired) electrons. The van der Waals surface area contributed by atoms with E-state index in [1.807, 2.05) is 56.3 Å². The Bertz CT molecular complexity index is 1350. The third-order valence-corrected chi connectivity index (χ3v) is 5.28. The molecular formula is C25H24N6O. The van der Waals surface area contributed by atoms with Gasteiger partial charge in [0.05, 0.1) is 16.8 Å². The quantitative estimate of drug-likeness (QED) is 0.465. The molecule has 32 heavy (non-hydrogen) atoms. The first-order chi connectivity index (χ1) is 15.3. The van der Waals surface area contributed by atoms with Crippen LogP contribution in [0.3, 0.4) is 0 Å². The monoisotopic (exact) mass is 424 g/mol. The van der Waals surface area contributed by atoms with Crippen LogP contribution in [-0.4, -0.2) is 44.8 Å². The summed E-state index contributed by atoms with van der Waals surface area (Å²) in [7, 11) is 3.45. The number of aromatic nitrogens is 4. The highest BCUT2D eigenvalue weighted by molar-refractivity contribution is 5.98. The molecule has 3 heterocycles. The highest BCUT2D eigenvalue weighted by atomic mass is 16.2. The number of carbonyl (C=O) groups is 1. The van der Waals surface area contributed by atoms with Gasteiger partial charge in [0, 0.05) is 43.1 Å². The zero-order chi connectivity index (χ0) is 22.9. The summed E-state index contributed by atoms with van der Waals surface area (Å²) in [5, 5.41) is 4.18. The van der Waals surface area contributed by atoms with Crippen molar-refractivity contribution in [1.82, 2.24) is 24.8 Å². The van der Waals surface area contributed by atoms with Gasteiger partial charge in [0.1, 0.15) is 5.69 Å². The van der Waals surface area contributed by atoms with Crippen molar-refractivity contribution >= 4 is 28.4 Å². The number of terminal acetylenes is 1. The minimum atomic E-state index is -0.399. The Balaban J connectivity index is 1.61. The SMILES string of the molecule is C#CC(C)(C)c1ccnc(-c2ccnc(Nc3ccc4cc(C(=O)N(C)C)[nH]c4c3)n2)c1. The van der Waals surface area contributed by atoms with Crippen molar-refractivity contribution in [3.05, 3.63) is 66.1 Å². The summed E-state index contributed by atoms with van der Waals surface area (Å²) in [5.41, 5.74) is 4.21. The van der Waals surface area contributed by atoms with Crippen LogP contribution >= 0.6 is 0 Å². The summed E-state index contributed by atoms with van der Waals surface area (Å²) >= 11 is 0. The Hall–Kier alpha value is -4.18. The molecule has 0 spiro atoms. The van der Waals surface area contributed by atoms with E-state index >= 15 is 0 Å². The van der Waals surface area contributed by atoms with E-state index < -0.39 is 5.41 Å². The van der Waals surface area contributed by atoms with Crippen molar-refractivity contribution in [3.63, 3.8) is 0 Å². The van der Waals surface area contributed by atoms with Crippen LogP contribution in [0, 0.1) is 12.3 Å². The molecule has 0 fully saturated rings. The van der Waals surface area contributed by atoms with Crippen molar-refractivity contribution in [2.45, 2.75) is 19.3 Å². The van der Waals surface area contributed by atoms with E-state index in [0.29, 0.717) is 17.3 Å². The van der Waals surface area contributed by atoms with E-state index in [1.165, 1.54) is 4.90 Å². The maximum Gasteiger partial charge on any atom is 0.269 e. The number of hydrogen-bond donors (Lipinski definition) is 2. The normalized spacial score (nSPS) is 11.2. The first kappa shape index (κ1) is 21.1. The standard InChI is InChI=1S/C25H24N6O/c1-6-25(2,3)17-9-11-26-21(14-17)19-10-12-27-24(30-19)28-18-8-7-16-13-22(23(32)31(4)5)29-20(16)15-18/h1,7-15,29H,2-5H3,(H,27,28,30). The van der Waals surface area contributed by atoms with Crippen molar-refractivity contribution in [3.8, 4) is 23.7 Å². The molecule has 0 unspecified atom stereocenters. The summed E-state index contributed by atoms with van der Waals surface area (Å²) in [6.07, 6.45) is 9.11. The molecule has 3 aromatic heterocycles. The maximum atomic E-state index is 12.2. The summed E-state index contributed by atoms with van der Waals surface area (Å²) in [6.45, 7) is 3.99. The molecule has 0 saturated carbocycles. The highest BCUT2D eigenvalue weighted by Gasteiger charge is 2.18. The molecule has 0 aliphatic rings. The Morgan fingerprint density at radius 2 is 1.84 bits per heavy atom. The molecule has 7 heteroatoms. The first-order valence-corrected chi connectivity index (χ1v) is 10.2. The van der Waals surface area contributed by atoms with Gasteiger partial charge in [0.25, 0.3) is 5.91 Å². The minimum absolute atomic E-state index is 0.0745. The average molecular weight is 425 g/mol.